The standard InChI is InChI=1S/C16H24FN/c1-12(2)10-16(3)8-9-18-11-14(16)13-6-4-5-7-15(13)17/h4-7,12,14,18H,8-11H2,1-3H3. The van der Waals surface area contributed by atoms with Crippen LogP contribution in [0.1, 0.15) is 45.1 Å². The van der Waals surface area contributed by atoms with Crippen molar-refractivity contribution in [3.63, 3.8) is 0 Å². The van der Waals surface area contributed by atoms with Gasteiger partial charge in [-0.2, -0.15) is 0 Å². The molecule has 0 bridgehead atoms. The second-order valence-corrected chi connectivity index (χ2v) is 6.28. The van der Waals surface area contributed by atoms with Crippen molar-refractivity contribution < 1.29 is 4.39 Å². The van der Waals surface area contributed by atoms with E-state index in [0.29, 0.717) is 5.92 Å². The largest absolute Gasteiger partial charge is 0.316 e. The van der Waals surface area contributed by atoms with E-state index in [9.17, 15) is 4.39 Å². The molecular formula is C16H24FN. The van der Waals surface area contributed by atoms with Crippen molar-refractivity contribution in [1.82, 2.24) is 5.32 Å². The van der Waals surface area contributed by atoms with Crippen LogP contribution in [0.25, 0.3) is 0 Å². The van der Waals surface area contributed by atoms with Crippen LogP contribution in [0.5, 0.6) is 0 Å². The van der Waals surface area contributed by atoms with E-state index >= 15 is 0 Å². The number of rotatable bonds is 3. The van der Waals surface area contributed by atoms with Crippen molar-refractivity contribution in [2.75, 3.05) is 13.1 Å². The topological polar surface area (TPSA) is 12.0 Å². The lowest BCUT2D eigenvalue weighted by Crippen LogP contribution is -2.43. The number of benzene rings is 1. The van der Waals surface area contributed by atoms with Crippen LogP contribution in [-0.2, 0) is 0 Å². The maximum atomic E-state index is 14.0. The van der Waals surface area contributed by atoms with E-state index in [1.165, 1.54) is 0 Å². The van der Waals surface area contributed by atoms with E-state index in [-0.39, 0.29) is 17.2 Å². The zero-order valence-electron chi connectivity index (χ0n) is 11.7. The van der Waals surface area contributed by atoms with Gasteiger partial charge in [-0.15, -0.1) is 0 Å². The fourth-order valence-corrected chi connectivity index (χ4v) is 3.46. The smallest absolute Gasteiger partial charge is 0.126 e. The molecule has 1 aliphatic heterocycles. The molecule has 1 aromatic rings. The summed E-state index contributed by atoms with van der Waals surface area (Å²) >= 11 is 0. The molecule has 1 aliphatic rings. The third-order valence-electron chi connectivity index (χ3n) is 4.22. The molecular weight excluding hydrogens is 225 g/mol. The Morgan fingerprint density at radius 2 is 2.11 bits per heavy atom. The Kier molecular flexibility index (Phi) is 4.06. The molecule has 1 saturated heterocycles. The second kappa shape index (κ2) is 5.40. The fourth-order valence-electron chi connectivity index (χ4n) is 3.46. The van der Waals surface area contributed by atoms with Crippen LogP contribution in [0.15, 0.2) is 24.3 Å². The molecule has 2 unspecified atom stereocenters. The summed E-state index contributed by atoms with van der Waals surface area (Å²) in [5.41, 5.74) is 1.09. The summed E-state index contributed by atoms with van der Waals surface area (Å²) in [4.78, 5) is 0. The van der Waals surface area contributed by atoms with Crippen molar-refractivity contribution in [2.45, 2.75) is 39.5 Å². The summed E-state index contributed by atoms with van der Waals surface area (Å²) in [6.07, 6.45) is 2.29. The summed E-state index contributed by atoms with van der Waals surface area (Å²) in [6, 6.07) is 7.25. The minimum atomic E-state index is -0.0545. The molecule has 0 radical (unpaired) electrons. The summed E-state index contributed by atoms with van der Waals surface area (Å²) < 4.78 is 14.0. The minimum Gasteiger partial charge on any atom is -0.316 e. The van der Waals surface area contributed by atoms with Crippen molar-refractivity contribution in [3.05, 3.63) is 35.6 Å². The Bertz CT molecular complexity index is 402. The van der Waals surface area contributed by atoms with E-state index in [2.05, 4.69) is 26.1 Å². The quantitative estimate of drug-likeness (QED) is 0.855. The van der Waals surface area contributed by atoms with Gasteiger partial charge in [-0.05, 0) is 42.3 Å². The summed E-state index contributed by atoms with van der Waals surface area (Å²) in [7, 11) is 0. The molecule has 1 aromatic carbocycles. The van der Waals surface area contributed by atoms with Gasteiger partial charge in [0.1, 0.15) is 5.82 Å². The third kappa shape index (κ3) is 2.74. The SMILES string of the molecule is CC(C)CC1(C)CCNCC1c1ccccc1F. The normalized spacial score (nSPS) is 28.6. The van der Waals surface area contributed by atoms with Crippen LogP contribution in [0.3, 0.4) is 0 Å². The van der Waals surface area contributed by atoms with Gasteiger partial charge in [0.05, 0.1) is 0 Å². The highest BCUT2D eigenvalue weighted by atomic mass is 19.1. The van der Waals surface area contributed by atoms with Gasteiger partial charge >= 0.3 is 0 Å². The van der Waals surface area contributed by atoms with Crippen molar-refractivity contribution in [3.8, 4) is 0 Å². The Hall–Kier alpha value is -0.890. The average molecular weight is 249 g/mol. The van der Waals surface area contributed by atoms with Crippen LogP contribution in [0, 0.1) is 17.2 Å². The van der Waals surface area contributed by atoms with Gasteiger partial charge in [0.2, 0.25) is 0 Å². The van der Waals surface area contributed by atoms with Gasteiger partial charge in [-0.1, -0.05) is 39.0 Å². The molecule has 1 fully saturated rings. The van der Waals surface area contributed by atoms with Crippen LogP contribution < -0.4 is 5.32 Å². The van der Waals surface area contributed by atoms with E-state index in [4.69, 9.17) is 0 Å². The van der Waals surface area contributed by atoms with Crippen LogP contribution in [-0.4, -0.2) is 13.1 Å². The highest BCUT2D eigenvalue weighted by Gasteiger charge is 2.38. The summed E-state index contributed by atoms with van der Waals surface area (Å²) in [5, 5.41) is 3.42. The summed E-state index contributed by atoms with van der Waals surface area (Å²) in [6.45, 7) is 8.78. The second-order valence-electron chi connectivity index (χ2n) is 6.28. The van der Waals surface area contributed by atoms with Crippen LogP contribution >= 0.6 is 0 Å². The minimum absolute atomic E-state index is 0.0545. The van der Waals surface area contributed by atoms with Gasteiger partial charge in [0.15, 0.2) is 0 Å². The molecule has 2 atom stereocenters. The lowest BCUT2D eigenvalue weighted by atomic mass is 9.65. The van der Waals surface area contributed by atoms with E-state index in [0.717, 1.165) is 31.5 Å². The van der Waals surface area contributed by atoms with E-state index in [1.807, 2.05) is 12.1 Å². The Balaban J connectivity index is 2.31. The maximum Gasteiger partial charge on any atom is 0.126 e. The molecule has 0 amide bonds. The predicted molar refractivity (Wildman–Crippen MR) is 74.2 cm³/mol. The first-order chi connectivity index (χ1) is 8.53. The Morgan fingerprint density at radius 1 is 1.39 bits per heavy atom. The first-order valence-corrected chi connectivity index (χ1v) is 6.98. The highest BCUT2D eigenvalue weighted by molar-refractivity contribution is 5.25. The molecule has 1 nitrogen and oxygen atoms in total. The van der Waals surface area contributed by atoms with Gasteiger partial charge in [-0.25, -0.2) is 4.39 Å². The molecule has 0 aliphatic carbocycles. The molecule has 0 saturated carbocycles. The maximum absolute atomic E-state index is 14.0. The Morgan fingerprint density at radius 3 is 2.78 bits per heavy atom. The highest BCUT2D eigenvalue weighted by Crippen LogP contribution is 2.45. The van der Waals surface area contributed by atoms with E-state index in [1.54, 1.807) is 12.1 Å². The van der Waals surface area contributed by atoms with Gasteiger partial charge < -0.3 is 5.32 Å². The van der Waals surface area contributed by atoms with Gasteiger partial charge in [-0.3, -0.25) is 0 Å². The monoisotopic (exact) mass is 249 g/mol. The third-order valence-corrected chi connectivity index (χ3v) is 4.22. The summed E-state index contributed by atoms with van der Waals surface area (Å²) in [5.74, 6) is 0.887. The first kappa shape index (κ1) is 13.5. The number of piperidine rings is 1. The molecule has 0 spiro atoms. The average Bonchev–Trinajstić information content (AvgIpc) is 2.29. The lowest BCUT2D eigenvalue weighted by molar-refractivity contribution is 0.148. The zero-order chi connectivity index (χ0) is 13.2. The van der Waals surface area contributed by atoms with E-state index < -0.39 is 0 Å². The predicted octanol–water partition coefficient (Wildman–Crippen LogP) is 3.96. The fraction of sp³-hybridized carbons (Fsp3) is 0.625. The molecule has 0 aromatic heterocycles. The van der Waals surface area contributed by atoms with Gasteiger partial charge in [0.25, 0.3) is 0 Å². The molecule has 100 valence electrons. The molecule has 2 heteroatoms. The number of nitrogens with one attached hydrogen (secondary N) is 1. The first-order valence-electron chi connectivity index (χ1n) is 6.98. The number of halogens is 1. The molecule has 1 heterocycles. The molecule has 1 N–H and O–H groups in total. The molecule has 2 rings (SSSR count). The Labute approximate surface area is 110 Å². The van der Waals surface area contributed by atoms with Crippen molar-refractivity contribution >= 4 is 0 Å². The zero-order valence-corrected chi connectivity index (χ0v) is 11.7. The lowest BCUT2D eigenvalue weighted by Gasteiger charge is -2.43. The number of hydrogen-bond donors (Lipinski definition) is 1. The number of hydrogen-bond acceptors (Lipinski definition) is 1. The van der Waals surface area contributed by atoms with Crippen LogP contribution in [0.4, 0.5) is 4.39 Å². The van der Waals surface area contributed by atoms with Crippen molar-refractivity contribution in [2.24, 2.45) is 11.3 Å². The van der Waals surface area contributed by atoms with Crippen LogP contribution in [0.2, 0.25) is 0 Å². The molecule has 18 heavy (non-hydrogen) atoms. The van der Waals surface area contributed by atoms with Crippen molar-refractivity contribution in [1.29, 1.82) is 0 Å². The van der Waals surface area contributed by atoms with Gasteiger partial charge in [0, 0.05) is 12.5 Å².